The summed E-state index contributed by atoms with van der Waals surface area (Å²) in [6, 6.07) is 11.0. The number of ether oxygens (including phenoxy) is 4. The lowest BCUT2D eigenvalue weighted by atomic mass is 9.80. The topological polar surface area (TPSA) is 162 Å². The Hall–Kier alpha value is -5.62. The van der Waals surface area contributed by atoms with Crippen LogP contribution in [-0.2, 0) is 14.1 Å². The number of phenolic OH excluding ortho intramolecular Hbond substituents is 3. The molecule has 3 heterocycles. The Bertz CT molecular complexity index is 2490. The maximum atomic E-state index is 14.2. The standard InChI is InChI=1S/C36H34N2O10/c1-36(2,44)35-23(17-13-18-25(32(43)33(17)48-35)29(40)15-9-8-10-20(39)27(15)37(18)3)26-22(46-6)14-19-24(31(26)42)30(41)16-11-12-21(45-5)34(47-7)28(16)38(19)4/h8-14,23,35,39,42-44H,1-7H3/t23-,35-/m0/s1. The second kappa shape index (κ2) is 10.4. The molecule has 1 aliphatic rings. The van der Waals surface area contributed by atoms with E-state index in [0.29, 0.717) is 28.1 Å². The second-order valence-corrected chi connectivity index (χ2v) is 12.6. The van der Waals surface area contributed by atoms with Crippen molar-refractivity contribution in [2.75, 3.05) is 21.3 Å². The van der Waals surface area contributed by atoms with Crippen LogP contribution < -0.4 is 29.8 Å². The number of aryl methyl sites for hydroxylation is 2. The van der Waals surface area contributed by atoms with E-state index in [1.807, 2.05) is 0 Å². The lowest BCUT2D eigenvalue weighted by molar-refractivity contribution is -0.0305. The number of rotatable bonds is 5. The number of hydrogen-bond donors (Lipinski definition) is 4. The van der Waals surface area contributed by atoms with Gasteiger partial charge in [0.1, 0.15) is 23.4 Å². The zero-order chi connectivity index (χ0) is 34.6. The van der Waals surface area contributed by atoms with Gasteiger partial charge in [0.2, 0.25) is 10.9 Å². The average Bonchev–Trinajstić information content (AvgIpc) is 3.45. The number of benzene rings is 4. The fraction of sp³-hybridized carbons (Fsp3) is 0.278. The minimum Gasteiger partial charge on any atom is -0.507 e. The Morgan fingerprint density at radius 2 is 1.38 bits per heavy atom. The SMILES string of the molecule is COc1cc2c(c(O)c1[C@@H]1c3cc4c(c(O)c3O[C@@H]1C(C)(C)O)c(=O)c1cccc(O)c1n4C)c(=O)c1ccc(OC)c(OC)c1n2C. The molecule has 0 bridgehead atoms. The molecule has 0 radical (unpaired) electrons. The molecule has 48 heavy (non-hydrogen) atoms. The maximum Gasteiger partial charge on any atom is 0.201 e. The van der Waals surface area contributed by atoms with E-state index in [2.05, 4.69) is 0 Å². The van der Waals surface area contributed by atoms with Gasteiger partial charge in [-0.05, 0) is 44.2 Å². The van der Waals surface area contributed by atoms with Gasteiger partial charge in [0.25, 0.3) is 0 Å². The highest BCUT2D eigenvalue weighted by Gasteiger charge is 2.48. The van der Waals surface area contributed by atoms with E-state index in [1.165, 1.54) is 41.2 Å². The third kappa shape index (κ3) is 3.98. The molecule has 4 aromatic carbocycles. The monoisotopic (exact) mass is 654 g/mol. The van der Waals surface area contributed by atoms with Crippen LogP contribution >= 0.6 is 0 Å². The van der Waals surface area contributed by atoms with Crippen LogP contribution in [0.25, 0.3) is 43.6 Å². The number of hydrogen-bond acceptors (Lipinski definition) is 10. The summed E-state index contributed by atoms with van der Waals surface area (Å²) in [5, 5.41) is 46.4. The predicted octanol–water partition coefficient (Wildman–Crippen LogP) is 4.50. The maximum absolute atomic E-state index is 14.2. The van der Waals surface area contributed by atoms with Gasteiger partial charge in [-0.25, -0.2) is 0 Å². The minimum absolute atomic E-state index is 0.00991. The Labute approximate surface area is 273 Å². The number of nitrogens with zero attached hydrogens (tertiary/aromatic N) is 2. The molecule has 0 aliphatic carbocycles. The number of para-hydroxylation sites is 1. The van der Waals surface area contributed by atoms with E-state index in [0.717, 1.165) is 0 Å². The molecular weight excluding hydrogens is 620 g/mol. The van der Waals surface area contributed by atoms with Gasteiger partial charge in [-0.2, -0.15) is 0 Å². The van der Waals surface area contributed by atoms with Gasteiger partial charge in [0.15, 0.2) is 23.0 Å². The van der Waals surface area contributed by atoms with E-state index < -0.39 is 40.0 Å². The number of methoxy groups -OCH3 is 3. The van der Waals surface area contributed by atoms with E-state index in [1.54, 1.807) is 59.6 Å². The molecule has 12 heteroatoms. The molecule has 12 nitrogen and oxygen atoms in total. The van der Waals surface area contributed by atoms with E-state index >= 15 is 0 Å². The summed E-state index contributed by atoms with van der Waals surface area (Å²) in [4.78, 5) is 27.9. The normalized spacial score (nSPS) is 16.1. The first-order valence-corrected chi connectivity index (χ1v) is 15.1. The van der Waals surface area contributed by atoms with Crippen molar-refractivity contribution in [1.29, 1.82) is 0 Å². The van der Waals surface area contributed by atoms with E-state index in [9.17, 15) is 30.0 Å². The first-order valence-electron chi connectivity index (χ1n) is 15.1. The van der Waals surface area contributed by atoms with E-state index in [-0.39, 0.29) is 55.4 Å². The first-order chi connectivity index (χ1) is 22.8. The number of pyridine rings is 2. The van der Waals surface area contributed by atoms with Gasteiger partial charge in [-0.3, -0.25) is 9.59 Å². The number of aromatic hydroxyl groups is 3. The minimum atomic E-state index is -1.57. The van der Waals surface area contributed by atoms with Crippen LogP contribution in [0, 0.1) is 0 Å². The summed E-state index contributed by atoms with van der Waals surface area (Å²) in [5.74, 6) is -1.10. The summed E-state index contributed by atoms with van der Waals surface area (Å²) < 4.78 is 26.5. The van der Waals surface area contributed by atoms with Gasteiger partial charge in [-0.15, -0.1) is 0 Å². The summed E-state index contributed by atoms with van der Waals surface area (Å²) >= 11 is 0. The summed E-state index contributed by atoms with van der Waals surface area (Å²) in [6.07, 6.45) is -1.12. The number of phenols is 3. The molecule has 0 fully saturated rings. The van der Waals surface area contributed by atoms with E-state index in [4.69, 9.17) is 18.9 Å². The number of aliphatic hydroxyl groups is 1. The van der Waals surface area contributed by atoms with Crippen molar-refractivity contribution in [3.63, 3.8) is 0 Å². The molecule has 7 rings (SSSR count). The third-order valence-electron chi connectivity index (χ3n) is 9.52. The lowest BCUT2D eigenvalue weighted by Gasteiger charge is -2.31. The predicted molar refractivity (Wildman–Crippen MR) is 181 cm³/mol. The van der Waals surface area contributed by atoms with Crippen molar-refractivity contribution in [3.8, 4) is 40.2 Å². The Balaban J connectivity index is 1.61. The molecule has 0 saturated carbocycles. The second-order valence-electron chi connectivity index (χ2n) is 12.6. The Morgan fingerprint density at radius 3 is 2.00 bits per heavy atom. The summed E-state index contributed by atoms with van der Waals surface area (Å²) in [6.45, 7) is 3.05. The molecule has 0 unspecified atom stereocenters. The largest absolute Gasteiger partial charge is 0.507 e. The number of fused-ring (bicyclic) bond motifs is 5. The molecule has 2 atom stereocenters. The average molecular weight is 655 g/mol. The fourth-order valence-corrected chi connectivity index (χ4v) is 7.33. The zero-order valence-electron chi connectivity index (χ0n) is 27.3. The van der Waals surface area contributed by atoms with Crippen LogP contribution in [0.1, 0.15) is 30.9 Å². The molecule has 248 valence electrons. The van der Waals surface area contributed by atoms with Crippen LogP contribution in [-0.4, -0.2) is 62.6 Å². The van der Waals surface area contributed by atoms with Gasteiger partial charge in [0, 0.05) is 31.3 Å². The van der Waals surface area contributed by atoms with Gasteiger partial charge in [-0.1, -0.05) is 6.07 Å². The van der Waals surface area contributed by atoms with Crippen LogP contribution in [0.3, 0.4) is 0 Å². The van der Waals surface area contributed by atoms with Gasteiger partial charge >= 0.3 is 0 Å². The molecule has 0 amide bonds. The van der Waals surface area contributed by atoms with Crippen LogP contribution in [0.2, 0.25) is 0 Å². The molecule has 4 N–H and O–H groups in total. The van der Waals surface area contributed by atoms with Crippen molar-refractivity contribution in [2.45, 2.75) is 31.5 Å². The summed E-state index contributed by atoms with van der Waals surface area (Å²) in [5.41, 5.74) is -0.788. The van der Waals surface area contributed by atoms with Crippen molar-refractivity contribution in [2.24, 2.45) is 14.1 Å². The van der Waals surface area contributed by atoms with Gasteiger partial charge < -0.3 is 48.5 Å². The van der Waals surface area contributed by atoms with Crippen molar-refractivity contribution >= 4 is 43.6 Å². The fourth-order valence-electron chi connectivity index (χ4n) is 7.33. The number of aromatic nitrogens is 2. The van der Waals surface area contributed by atoms with Gasteiger partial charge in [0.05, 0.1) is 76.5 Å². The smallest absolute Gasteiger partial charge is 0.201 e. The highest BCUT2D eigenvalue weighted by molar-refractivity contribution is 6.02. The van der Waals surface area contributed by atoms with Crippen LogP contribution in [0.4, 0.5) is 0 Å². The van der Waals surface area contributed by atoms with Crippen molar-refractivity contribution in [1.82, 2.24) is 9.13 Å². The first kappa shape index (κ1) is 31.0. The highest BCUT2D eigenvalue weighted by Crippen LogP contribution is 2.56. The molecule has 2 aromatic heterocycles. The Kier molecular flexibility index (Phi) is 6.75. The third-order valence-corrected chi connectivity index (χ3v) is 9.52. The molecule has 6 aromatic rings. The molecule has 1 aliphatic heterocycles. The molecule has 0 spiro atoms. The lowest BCUT2D eigenvalue weighted by Crippen LogP contribution is -2.42. The zero-order valence-corrected chi connectivity index (χ0v) is 27.3. The van der Waals surface area contributed by atoms with Crippen LogP contribution in [0.5, 0.6) is 40.2 Å². The van der Waals surface area contributed by atoms with Crippen molar-refractivity contribution < 1.29 is 39.4 Å². The Morgan fingerprint density at radius 1 is 0.771 bits per heavy atom. The van der Waals surface area contributed by atoms with Crippen molar-refractivity contribution in [3.05, 3.63) is 74.0 Å². The quantitative estimate of drug-likeness (QED) is 0.195. The highest BCUT2D eigenvalue weighted by atomic mass is 16.5. The van der Waals surface area contributed by atoms with Crippen LogP contribution in [0.15, 0.2) is 52.1 Å². The summed E-state index contributed by atoms with van der Waals surface area (Å²) in [7, 11) is 7.76. The molecule has 0 saturated heterocycles. The molecular formula is C36H34N2O10.